The van der Waals surface area contributed by atoms with E-state index >= 15 is 0 Å². The number of hydrogen-bond donors (Lipinski definition) is 1. The monoisotopic (exact) mass is 329 g/mol. The van der Waals surface area contributed by atoms with Crippen molar-refractivity contribution >= 4 is 28.3 Å². The number of benzene rings is 1. The Hall–Kier alpha value is -2.21. The molecule has 0 aliphatic carbocycles. The summed E-state index contributed by atoms with van der Waals surface area (Å²) in [7, 11) is 0. The first-order valence-corrected chi connectivity index (χ1v) is 8.59. The van der Waals surface area contributed by atoms with Crippen molar-refractivity contribution in [3.05, 3.63) is 47.0 Å². The second-order valence-electron chi connectivity index (χ2n) is 5.70. The van der Waals surface area contributed by atoms with Crippen molar-refractivity contribution in [2.24, 2.45) is 0 Å². The Kier molecular flexibility index (Phi) is 4.71. The van der Waals surface area contributed by atoms with Gasteiger partial charge >= 0.3 is 0 Å². The van der Waals surface area contributed by atoms with E-state index in [9.17, 15) is 9.59 Å². The van der Waals surface area contributed by atoms with E-state index in [2.05, 4.69) is 22.4 Å². The number of rotatable bonds is 4. The molecule has 1 saturated heterocycles. The average Bonchev–Trinajstić information content (AvgIpc) is 3.16. The van der Waals surface area contributed by atoms with E-state index in [1.807, 2.05) is 23.1 Å². The van der Waals surface area contributed by atoms with Crippen LogP contribution in [0.4, 0.5) is 5.13 Å². The lowest BCUT2D eigenvalue weighted by atomic mass is 10.0. The fourth-order valence-electron chi connectivity index (χ4n) is 2.93. The maximum absolute atomic E-state index is 12.7. The highest BCUT2D eigenvalue weighted by atomic mass is 32.1. The zero-order chi connectivity index (χ0) is 16.2. The first kappa shape index (κ1) is 15.7. The molecule has 3 rings (SSSR count). The van der Waals surface area contributed by atoms with Gasteiger partial charge in [-0.1, -0.05) is 30.3 Å². The van der Waals surface area contributed by atoms with Crippen molar-refractivity contribution in [2.45, 2.75) is 32.2 Å². The molecule has 0 saturated carbocycles. The number of aromatic nitrogens is 1. The van der Waals surface area contributed by atoms with Crippen molar-refractivity contribution in [3.63, 3.8) is 0 Å². The molecule has 23 heavy (non-hydrogen) atoms. The molecule has 5 nitrogen and oxygen atoms in total. The van der Waals surface area contributed by atoms with Gasteiger partial charge in [-0.25, -0.2) is 4.98 Å². The third-order valence-corrected chi connectivity index (χ3v) is 4.72. The maximum Gasteiger partial charge on any atom is 0.273 e. The molecule has 2 amide bonds. The molecule has 1 fully saturated rings. The smallest absolute Gasteiger partial charge is 0.273 e. The number of thiazole rings is 1. The molecular formula is C17H19N3O2S. The van der Waals surface area contributed by atoms with Gasteiger partial charge in [0.2, 0.25) is 5.91 Å². The second-order valence-corrected chi connectivity index (χ2v) is 6.56. The van der Waals surface area contributed by atoms with Crippen molar-refractivity contribution in [1.82, 2.24) is 9.88 Å². The first-order valence-electron chi connectivity index (χ1n) is 7.71. The molecule has 1 N–H and O–H groups in total. The van der Waals surface area contributed by atoms with Gasteiger partial charge in [0, 0.05) is 24.9 Å². The number of nitrogens with zero attached hydrogens (tertiary/aromatic N) is 2. The van der Waals surface area contributed by atoms with Gasteiger partial charge in [0.1, 0.15) is 5.69 Å². The van der Waals surface area contributed by atoms with Crippen LogP contribution in [0.1, 0.15) is 35.8 Å². The minimum atomic E-state index is -0.179. The average molecular weight is 329 g/mol. The Balaban J connectivity index is 1.70. The number of anilines is 1. The van der Waals surface area contributed by atoms with Crippen LogP contribution in [0.2, 0.25) is 0 Å². The molecule has 1 atom stereocenters. The van der Waals surface area contributed by atoms with E-state index in [1.54, 1.807) is 5.38 Å². The third kappa shape index (κ3) is 3.76. The van der Waals surface area contributed by atoms with Crippen LogP contribution in [0.5, 0.6) is 0 Å². The summed E-state index contributed by atoms with van der Waals surface area (Å²) in [6, 6.07) is 10.5. The summed E-state index contributed by atoms with van der Waals surface area (Å²) in [6.07, 6.45) is 2.91. The lowest BCUT2D eigenvalue weighted by Gasteiger charge is -2.24. The highest BCUT2D eigenvalue weighted by Crippen LogP contribution is 2.25. The van der Waals surface area contributed by atoms with Crippen LogP contribution in [0.15, 0.2) is 35.7 Å². The highest BCUT2D eigenvalue weighted by molar-refractivity contribution is 7.14. The standard InChI is InChI=1S/C17H19N3O2S/c1-12(21)18-17-19-15(11-23-17)16(22)20-9-5-8-14(20)10-13-6-3-2-4-7-13/h2-4,6-7,11,14H,5,8-10H2,1H3,(H,18,19,21)/t14-/m1/s1. The minimum Gasteiger partial charge on any atom is -0.334 e. The van der Waals surface area contributed by atoms with Gasteiger partial charge in [0.15, 0.2) is 5.13 Å². The maximum atomic E-state index is 12.7. The Morgan fingerprint density at radius 2 is 2.13 bits per heavy atom. The van der Waals surface area contributed by atoms with Crippen LogP contribution < -0.4 is 5.32 Å². The van der Waals surface area contributed by atoms with E-state index in [4.69, 9.17) is 0 Å². The topological polar surface area (TPSA) is 62.3 Å². The molecule has 0 bridgehead atoms. The predicted molar refractivity (Wildman–Crippen MR) is 90.6 cm³/mol. The summed E-state index contributed by atoms with van der Waals surface area (Å²) in [5, 5.41) is 4.81. The van der Waals surface area contributed by atoms with Crippen LogP contribution in [-0.4, -0.2) is 34.3 Å². The molecule has 1 aromatic carbocycles. The molecule has 0 radical (unpaired) electrons. The van der Waals surface area contributed by atoms with E-state index in [-0.39, 0.29) is 17.9 Å². The SMILES string of the molecule is CC(=O)Nc1nc(C(=O)N2CCC[C@@H]2Cc2ccccc2)cs1. The van der Waals surface area contributed by atoms with Crippen LogP contribution in [0.25, 0.3) is 0 Å². The molecule has 1 aromatic heterocycles. The second kappa shape index (κ2) is 6.91. The molecule has 120 valence electrons. The predicted octanol–water partition coefficient (Wildman–Crippen LogP) is 2.95. The van der Waals surface area contributed by atoms with Crippen molar-refractivity contribution in [1.29, 1.82) is 0 Å². The largest absolute Gasteiger partial charge is 0.334 e. The fourth-order valence-corrected chi connectivity index (χ4v) is 3.66. The summed E-state index contributed by atoms with van der Waals surface area (Å²) < 4.78 is 0. The van der Waals surface area contributed by atoms with E-state index in [1.165, 1.54) is 23.8 Å². The van der Waals surface area contributed by atoms with Crippen LogP contribution in [-0.2, 0) is 11.2 Å². The van der Waals surface area contributed by atoms with Gasteiger partial charge < -0.3 is 10.2 Å². The molecule has 2 heterocycles. The molecule has 2 aromatic rings. The summed E-state index contributed by atoms with van der Waals surface area (Å²) in [5.74, 6) is -0.224. The summed E-state index contributed by atoms with van der Waals surface area (Å²) in [4.78, 5) is 29.9. The third-order valence-electron chi connectivity index (χ3n) is 3.96. The fraction of sp³-hybridized carbons (Fsp3) is 0.353. The summed E-state index contributed by atoms with van der Waals surface area (Å²) in [6.45, 7) is 2.20. The zero-order valence-electron chi connectivity index (χ0n) is 13.0. The highest BCUT2D eigenvalue weighted by Gasteiger charge is 2.30. The first-order chi connectivity index (χ1) is 11.1. The van der Waals surface area contributed by atoms with Gasteiger partial charge in [-0.15, -0.1) is 11.3 Å². The lowest BCUT2D eigenvalue weighted by molar-refractivity contribution is -0.114. The molecule has 1 aliphatic rings. The van der Waals surface area contributed by atoms with Gasteiger partial charge in [-0.3, -0.25) is 9.59 Å². The molecule has 6 heteroatoms. The Labute approximate surface area is 139 Å². The number of hydrogen-bond acceptors (Lipinski definition) is 4. The summed E-state index contributed by atoms with van der Waals surface area (Å²) in [5.41, 5.74) is 1.66. The molecular weight excluding hydrogens is 310 g/mol. The van der Waals surface area contributed by atoms with Gasteiger partial charge in [-0.05, 0) is 24.8 Å². The molecule has 0 spiro atoms. The van der Waals surface area contributed by atoms with Crippen molar-refractivity contribution in [3.8, 4) is 0 Å². The van der Waals surface area contributed by atoms with E-state index in [0.717, 1.165) is 25.8 Å². The van der Waals surface area contributed by atoms with Crippen LogP contribution in [0, 0.1) is 0 Å². The Morgan fingerprint density at radius 3 is 2.87 bits per heavy atom. The number of amides is 2. The lowest BCUT2D eigenvalue weighted by Crippen LogP contribution is -2.37. The van der Waals surface area contributed by atoms with Crippen LogP contribution >= 0.6 is 11.3 Å². The van der Waals surface area contributed by atoms with Crippen LogP contribution in [0.3, 0.4) is 0 Å². The number of carbonyl (C=O) groups is 2. The summed E-state index contributed by atoms with van der Waals surface area (Å²) >= 11 is 1.28. The molecule has 1 aliphatic heterocycles. The Morgan fingerprint density at radius 1 is 1.35 bits per heavy atom. The van der Waals surface area contributed by atoms with Gasteiger partial charge in [0.25, 0.3) is 5.91 Å². The molecule has 0 unspecified atom stereocenters. The van der Waals surface area contributed by atoms with Crippen molar-refractivity contribution in [2.75, 3.05) is 11.9 Å². The zero-order valence-corrected chi connectivity index (χ0v) is 13.8. The van der Waals surface area contributed by atoms with Crippen molar-refractivity contribution < 1.29 is 9.59 Å². The normalized spacial score (nSPS) is 17.3. The van der Waals surface area contributed by atoms with Gasteiger partial charge in [0.05, 0.1) is 0 Å². The number of likely N-dealkylation sites (tertiary alicyclic amines) is 1. The number of carbonyl (C=O) groups excluding carboxylic acids is 2. The van der Waals surface area contributed by atoms with E-state index < -0.39 is 0 Å². The Bertz CT molecular complexity index is 699. The van der Waals surface area contributed by atoms with E-state index in [0.29, 0.717) is 10.8 Å². The quantitative estimate of drug-likeness (QED) is 0.938. The van der Waals surface area contributed by atoms with Gasteiger partial charge in [-0.2, -0.15) is 0 Å². The number of nitrogens with one attached hydrogen (secondary N) is 1. The minimum absolute atomic E-state index is 0.0451.